The zero-order chi connectivity index (χ0) is 24.1. The molecule has 0 amide bonds. The van der Waals surface area contributed by atoms with Crippen LogP contribution in [0.25, 0.3) is 11.0 Å². The summed E-state index contributed by atoms with van der Waals surface area (Å²) in [6.07, 6.45) is -7.23. The number of halogens is 6. The fourth-order valence-electron chi connectivity index (χ4n) is 3.78. The zero-order valence-corrected chi connectivity index (χ0v) is 17.2. The van der Waals surface area contributed by atoms with Gasteiger partial charge in [-0.2, -0.15) is 26.3 Å². The highest BCUT2D eigenvalue weighted by Crippen LogP contribution is 2.34. The van der Waals surface area contributed by atoms with Crippen LogP contribution in [0.2, 0.25) is 0 Å². The van der Waals surface area contributed by atoms with Crippen LogP contribution >= 0.6 is 0 Å². The highest BCUT2D eigenvalue weighted by Gasteiger charge is 2.35. The van der Waals surface area contributed by atoms with Gasteiger partial charge in [0, 0.05) is 17.8 Å². The summed E-state index contributed by atoms with van der Waals surface area (Å²) >= 11 is 0. The number of ether oxygens (including phenoxy) is 1. The molecule has 1 aliphatic heterocycles. The van der Waals surface area contributed by atoms with E-state index in [1.165, 1.54) is 24.5 Å². The van der Waals surface area contributed by atoms with E-state index in [0.29, 0.717) is 30.9 Å². The average molecular weight is 479 g/mol. The van der Waals surface area contributed by atoms with Gasteiger partial charge in [-0.05, 0) is 48.9 Å². The molecule has 0 aliphatic carbocycles. The van der Waals surface area contributed by atoms with Crippen LogP contribution in [0.5, 0.6) is 11.6 Å². The van der Waals surface area contributed by atoms with Gasteiger partial charge in [0.1, 0.15) is 12.1 Å². The number of hydrogen-bond acceptors (Lipinski definition) is 5. The molecule has 0 bridgehead atoms. The van der Waals surface area contributed by atoms with Crippen LogP contribution in [-0.2, 0) is 25.3 Å². The molecular weight excluding hydrogens is 464 g/mol. The van der Waals surface area contributed by atoms with Gasteiger partial charge in [-0.1, -0.05) is 0 Å². The Balaban J connectivity index is 1.36. The smallest absolute Gasteiger partial charge is 0.439 e. The normalized spacial score (nSPS) is 14.4. The van der Waals surface area contributed by atoms with E-state index in [0.717, 1.165) is 17.7 Å². The second-order valence-corrected chi connectivity index (χ2v) is 7.68. The number of H-pyrrole nitrogens is 1. The van der Waals surface area contributed by atoms with Crippen molar-refractivity contribution in [2.75, 3.05) is 11.4 Å². The second kappa shape index (κ2) is 7.89. The Morgan fingerprint density at radius 1 is 0.912 bits per heavy atom. The van der Waals surface area contributed by atoms with Gasteiger partial charge < -0.3 is 14.6 Å². The van der Waals surface area contributed by atoms with Crippen molar-refractivity contribution in [2.24, 2.45) is 0 Å². The molecule has 1 N–H and O–H groups in total. The fraction of sp³-hybridized carbons (Fsp3) is 0.227. The molecule has 5 rings (SSSR count). The maximum absolute atomic E-state index is 12.9. The van der Waals surface area contributed by atoms with Crippen LogP contribution in [0.3, 0.4) is 0 Å². The second-order valence-electron chi connectivity index (χ2n) is 7.68. The van der Waals surface area contributed by atoms with Crippen molar-refractivity contribution in [2.45, 2.75) is 25.3 Å². The van der Waals surface area contributed by atoms with E-state index < -0.39 is 23.7 Å². The van der Waals surface area contributed by atoms with Crippen molar-refractivity contribution in [3.8, 4) is 11.6 Å². The first-order valence-electron chi connectivity index (χ1n) is 10.1. The number of anilines is 1. The molecule has 34 heavy (non-hydrogen) atoms. The molecule has 0 spiro atoms. The molecule has 176 valence electrons. The van der Waals surface area contributed by atoms with Crippen LogP contribution in [0.1, 0.15) is 22.6 Å². The summed E-state index contributed by atoms with van der Waals surface area (Å²) in [5, 5.41) is 0. The lowest BCUT2D eigenvalue weighted by Gasteiger charge is -2.30. The Morgan fingerprint density at radius 2 is 1.68 bits per heavy atom. The molecule has 2 aromatic heterocycles. The van der Waals surface area contributed by atoms with Crippen molar-refractivity contribution in [1.82, 2.24) is 19.9 Å². The lowest BCUT2D eigenvalue weighted by molar-refractivity contribution is -0.144. The Kier molecular flexibility index (Phi) is 5.10. The first kappa shape index (κ1) is 22.0. The minimum atomic E-state index is -4.57. The van der Waals surface area contributed by atoms with Crippen LogP contribution in [-0.4, -0.2) is 26.5 Å². The van der Waals surface area contributed by atoms with Crippen molar-refractivity contribution in [3.63, 3.8) is 0 Å². The quantitative estimate of drug-likeness (QED) is 0.380. The molecular formula is C22H15F6N5O. The topological polar surface area (TPSA) is 66.9 Å². The van der Waals surface area contributed by atoms with Gasteiger partial charge in [-0.15, -0.1) is 0 Å². The highest BCUT2D eigenvalue weighted by molar-refractivity contribution is 5.80. The number of nitrogens with zero attached hydrogens (tertiary/aromatic N) is 4. The van der Waals surface area contributed by atoms with E-state index in [1.54, 1.807) is 12.1 Å². The molecule has 4 aromatic rings. The van der Waals surface area contributed by atoms with Crippen molar-refractivity contribution in [1.29, 1.82) is 0 Å². The predicted molar refractivity (Wildman–Crippen MR) is 109 cm³/mol. The third kappa shape index (κ3) is 4.22. The average Bonchev–Trinajstić information content (AvgIpc) is 3.23. The summed E-state index contributed by atoms with van der Waals surface area (Å²) < 4.78 is 82.8. The maximum Gasteiger partial charge on any atom is 0.449 e. The molecule has 2 aromatic carbocycles. The van der Waals surface area contributed by atoms with Gasteiger partial charge in [0.25, 0.3) is 0 Å². The summed E-state index contributed by atoms with van der Waals surface area (Å²) in [6.45, 7) is 0.864. The van der Waals surface area contributed by atoms with Crippen LogP contribution in [0.15, 0.2) is 48.8 Å². The monoisotopic (exact) mass is 479 g/mol. The molecule has 6 nitrogen and oxygen atoms in total. The minimum absolute atomic E-state index is 0.210. The minimum Gasteiger partial charge on any atom is -0.439 e. The summed E-state index contributed by atoms with van der Waals surface area (Å²) in [4.78, 5) is 16.3. The van der Waals surface area contributed by atoms with Gasteiger partial charge in [0.15, 0.2) is 0 Å². The van der Waals surface area contributed by atoms with E-state index in [9.17, 15) is 26.3 Å². The lowest BCUT2D eigenvalue weighted by Crippen LogP contribution is -2.31. The number of rotatable bonds is 3. The van der Waals surface area contributed by atoms with Crippen molar-refractivity contribution < 1.29 is 31.1 Å². The Morgan fingerprint density at radius 3 is 2.38 bits per heavy atom. The van der Waals surface area contributed by atoms with E-state index >= 15 is 0 Å². The number of aromatic nitrogens is 4. The third-order valence-electron chi connectivity index (χ3n) is 5.46. The standard InChI is InChI=1S/C22H15F6N5O/c23-21(24,25)12-1-4-14(5-2-12)34-19-15-7-8-33(10-18(15)29-11-30-19)13-3-6-16-17(9-13)32-20(31-16)22(26,27)28/h1-6,9,11H,7-8,10H2,(H,31,32). The fourth-order valence-corrected chi connectivity index (χ4v) is 3.78. The molecule has 0 saturated heterocycles. The first-order valence-corrected chi connectivity index (χ1v) is 10.1. The van der Waals surface area contributed by atoms with Gasteiger partial charge in [-0.3, -0.25) is 0 Å². The molecule has 1 aliphatic rings. The van der Waals surface area contributed by atoms with Crippen LogP contribution in [0, 0.1) is 0 Å². The number of fused-ring (bicyclic) bond motifs is 2. The Labute approximate surface area is 188 Å². The first-order chi connectivity index (χ1) is 16.1. The number of imidazole rings is 1. The third-order valence-corrected chi connectivity index (χ3v) is 5.46. The largest absolute Gasteiger partial charge is 0.449 e. The molecule has 0 saturated carbocycles. The van der Waals surface area contributed by atoms with Crippen LogP contribution in [0.4, 0.5) is 32.0 Å². The SMILES string of the molecule is FC(F)(F)c1ccc(Oc2ncnc3c2CCN(c2ccc4nc(C(F)(F)F)[nH]c4c2)C3)cc1. The van der Waals surface area contributed by atoms with Gasteiger partial charge in [0.05, 0.1) is 28.8 Å². The van der Waals surface area contributed by atoms with Crippen molar-refractivity contribution >= 4 is 16.7 Å². The van der Waals surface area contributed by atoms with E-state index in [2.05, 4.69) is 19.9 Å². The Bertz CT molecular complexity index is 1350. The summed E-state index contributed by atoms with van der Waals surface area (Å²) in [6, 6.07) is 9.12. The van der Waals surface area contributed by atoms with Crippen LogP contribution < -0.4 is 9.64 Å². The van der Waals surface area contributed by atoms with E-state index in [4.69, 9.17) is 4.74 Å². The molecule has 0 atom stereocenters. The number of alkyl halides is 6. The molecule has 0 fully saturated rings. The lowest BCUT2D eigenvalue weighted by atomic mass is 10.1. The molecule has 3 heterocycles. The highest BCUT2D eigenvalue weighted by atomic mass is 19.4. The van der Waals surface area contributed by atoms with E-state index in [1.807, 2.05) is 4.90 Å². The van der Waals surface area contributed by atoms with Gasteiger partial charge >= 0.3 is 12.4 Å². The van der Waals surface area contributed by atoms with Gasteiger partial charge in [-0.25, -0.2) is 15.0 Å². The number of benzene rings is 2. The number of hydrogen-bond donors (Lipinski definition) is 1. The predicted octanol–water partition coefficient (Wildman–Crippen LogP) is 5.75. The summed E-state index contributed by atoms with van der Waals surface area (Å²) in [5.41, 5.74) is 1.77. The maximum atomic E-state index is 12.9. The van der Waals surface area contributed by atoms with E-state index in [-0.39, 0.29) is 22.7 Å². The number of nitrogens with one attached hydrogen (secondary N) is 1. The van der Waals surface area contributed by atoms with Gasteiger partial charge in [0.2, 0.25) is 11.7 Å². The summed E-state index contributed by atoms with van der Waals surface area (Å²) in [7, 11) is 0. The number of aromatic amines is 1. The molecule has 0 unspecified atom stereocenters. The zero-order valence-electron chi connectivity index (χ0n) is 17.2. The van der Waals surface area contributed by atoms with Crippen molar-refractivity contribution in [3.05, 3.63) is 71.4 Å². The molecule has 12 heteroatoms. The Hall–Kier alpha value is -3.83. The molecule has 0 radical (unpaired) electrons. The summed E-state index contributed by atoms with van der Waals surface area (Å²) in [5.74, 6) is -0.591.